The van der Waals surface area contributed by atoms with Crippen molar-refractivity contribution in [2.75, 3.05) is 6.61 Å². The number of carbonyl (C=O) groups is 2. The average Bonchev–Trinajstić information content (AvgIpc) is 2.96. The molecule has 40 heavy (non-hydrogen) atoms. The fourth-order valence-corrected chi connectivity index (χ4v) is 3.93. The Morgan fingerprint density at radius 1 is 0.900 bits per heavy atom. The first kappa shape index (κ1) is 28.6. The second-order valence-corrected chi connectivity index (χ2v) is 8.88. The van der Waals surface area contributed by atoms with Crippen LogP contribution in [-0.4, -0.2) is 74.8 Å². The SMILES string of the molecule is O=C(C=Cc1ccc(O)cc1)O[C@@H]1[C@@H](Oc2ccc(O)cc2CO)O[C@@H](COC(=O)c2ccccc2)[C@H](O)[C@H]1O. The third-order valence-corrected chi connectivity index (χ3v) is 6.05. The summed E-state index contributed by atoms with van der Waals surface area (Å²) in [6.45, 7) is -0.977. The minimum Gasteiger partial charge on any atom is -0.508 e. The molecular formula is C29H28O11. The van der Waals surface area contributed by atoms with Gasteiger partial charge in [-0.2, -0.15) is 0 Å². The number of carbonyl (C=O) groups excluding carboxylic acids is 2. The molecule has 11 heteroatoms. The van der Waals surface area contributed by atoms with Gasteiger partial charge < -0.3 is 44.5 Å². The Bertz CT molecular complexity index is 1320. The Balaban J connectivity index is 1.52. The molecule has 3 aromatic rings. The highest BCUT2D eigenvalue weighted by Crippen LogP contribution is 2.30. The smallest absolute Gasteiger partial charge is 0.338 e. The highest BCUT2D eigenvalue weighted by molar-refractivity contribution is 5.89. The summed E-state index contributed by atoms with van der Waals surface area (Å²) in [5, 5.41) is 50.5. The monoisotopic (exact) mass is 552 g/mol. The number of hydrogen-bond donors (Lipinski definition) is 5. The molecule has 5 N–H and O–H groups in total. The van der Waals surface area contributed by atoms with Crippen molar-refractivity contribution in [2.45, 2.75) is 37.3 Å². The third kappa shape index (κ3) is 7.16. The van der Waals surface area contributed by atoms with Crippen LogP contribution in [0.5, 0.6) is 17.2 Å². The second kappa shape index (κ2) is 13.1. The number of aromatic hydroxyl groups is 2. The molecule has 0 aliphatic carbocycles. The predicted molar refractivity (Wildman–Crippen MR) is 139 cm³/mol. The van der Waals surface area contributed by atoms with Gasteiger partial charge in [-0.15, -0.1) is 0 Å². The maximum Gasteiger partial charge on any atom is 0.338 e. The minimum atomic E-state index is -1.72. The number of rotatable bonds is 9. The van der Waals surface area contributed by atoms with Gasteiger partial charge >= 0.3 is 11.9 Å². The summed E-state index contributed by atoms with van der Waals surface area (Å²) in [6, 6.07) is 18.0. The molecule has 1 heterocycles. The summed E-state index contributed by atoms with van der Waals surface area (Å²) < 4.78 is 22.3. The number of ether oxygens (including phenoxy) is 4. The van der Waals surface area contributed by atoms with Crippen molar-refractivity contribution < 1.29 is 54.1 Å². The normalized spacial score (nSPS) is 22.5. The summed E-state index contributed by atoms with van der Waals surface area (Å²) in [5.74, 6) is -1.61. The molecule has 11 nitrogen and oxygen atoms in total. The van der Waals surface area contributed by atoms with Gasteiger partial charge in [0.05, 0.1) is 12.2 Å². The summed E-state index contributed by atoms with van der Waals surface area (Å²) in [5.41, 5.74) is 1.03. The molecule has 1 saturated heterocycles. The van der Waals surface area contributed by atoms with Gasteiger partial charge in [0.2, 0.25) is 6.29 Å². The summed E-state index contributed by atoms with van der Waals surface area (Å²) >= 11 is 0. The Morgan fingerprint density at radius 2 is 1.60 bits per heavy atom. The lowest BCUT2D eigenvalue weighted by molar-refractivity contribution is -0.281. The molecule has 1 aliphatic heterocycles. The van der Waals surface area contributed by atoms with E-state index in [0.29, 0.717) is 5.56 Å². The van der Waals surface area contributed by atoms with Crippen molar-refractivity contribution >= 4 is 18.0 Å². The lowest BCUT2D eigenvalue weighted by Gasteiger charge is -2.41. The van der Waals surface area contributed by atoms with Gasteiger partial charge in [0.25, 0.3) is 0 Å². The van der Waals surface area contributed by atoms with Gasteiger partial charge in [-0.3, -0.25) is 0 Å². The predicted octanol–water partition coefficient (Wildman–Crippen LogP) is 1.90. The van der Waals surface area contributed by atoms with E-state index in [2.05, 4.69) is 0 Å². The molecule has 0 spiro atoms. The van der Waals surface area contributed by atoms with Gasteiger partial charge in [-0.1, -0.05) is 30.3 Å². The standard InChI is InChI=1S/C29H28O11/c30-15-19-14-21(32)11-12-22(19)38-29-27(40-24(33)13-8-17-6-9-20(31)10-7-17)26(35)25(34)23(39-29)16-37-28(36)18-4-2-1-3-5-18/h1-14,23,25-27,29-32,34-35H,15-16H2/t23-,25-,26+,27-,29-/m0/s1. The second-order valence-electron chi connectivity index (χ2n) is 8.88. The van der Waals surface area contributed by atoms with E-state index in [0.717, 1.165) is 6.08 Å². The first-order valence-electron chi connectivity index (χ1n) is 12.3. The van der Waals surface area contributed by atoms with Crippen molar-refractivity contribution in [3.8, 4) is 17.2 Å². The Kier molecular flexibility index (Phi) is 9.35. The van der Waals surface area contributed by atoms with Gasteiger partial charge in [0.1, 0.15) is 42.2 Å². The quantitative estimate of drug-likeness (QED) is 0.194. The largest absolute Gasteiger partial charge is 0.508 e. The lowest BCUT2D eigenvalue weighted by atomic mass is 9.99. The number of esters is 2. The number of aliphatic hydroxyl groups is 3. The van der Waals surface area contributed by atoms with E-state index < -0.39 is 55.9 Å². The average molecular weight is 553 g/mol. The fraction of sp³-hybridized carbons (Fsp3) is 0.241. The zero-order valence-electron chi connectivity index (χ0n) is 21.1. The van der Waals surface area contributed by atoms with Crippen LogP contribution in [0.3, 0.4) is 0 Å². The maximum absolute atomic E-state index is 12.6. The van der Waals surface area contributed by atoms with Crippen molar-refractivity contribution in [2.24, 2.45) is 0 Å². The summed E-state index contributed by atoms with van der Waals surface area (Å²) in [7, 11) is 0. The van der Waals surface area contributed by atoms with E-state index in [1.807, 2.05) is 0 Å². The van der Waals surface area contributed by atoms with Crippen LogP contribution >= 0.6 is 0 Å². The van der Waals surface area contributed by atoms with E-state index in [1.165, 1.54) is 36.4 Å². The lowest BCUT2D eigenvalue weighted by Crippen LogP contribution is -2.61. The van der Waals surface area contributed by atoms with Gasteiger partial charge in [-0.25, -0.2) is 9.59 Å². The number of benzene rings is 3. The number of hydrogen-bond acceptors (Lipinski definition) is 11. The zero-order chi connectivity index (χ0) is 28.6. The molecule has 0 amide bonds. The molecule has 0 bridgehead atoms. The third-order valence-electron chi connectivity index (χ3n) is 6.05. The van der Waals surface area contributed by atoms with E-state index in [9.17, 15) is 35.1 Å². The number of phenolic OH excluding ortho intramolecular Hbond substituents is 2. The first-order valence-corrected chi connectivity index (χ1v) is 12.3. The van der Waals surface area contributed by atoms with Crippen LogP contribution in [0.25, 0.3) is 6.08 Å². The molecule has 0 saturated carbocycles. The molecule has 1 fully saturated rings. The molecule has 0 aromatic heterocycles. The van der Waals surface area contributed by atoms with E-state index in [-0.39, 0.29) is 28.4 Å². The minimum absolute atomic E-state index is 0.0506. The summed E-state index contributed by atoms with van der Waals surface area (Å²) in [6.07, 6.45) is -5.20. The Hall–Kier alpha value is -4.42. The molecule has 0 radical (unpaired) electrons. The van der Waals surface area contributed by atoms with Crippen LogP contribution in [0.2, 0.25) is 0 Å². The van der Waals surface area contributed by atoms with Crippen molar-refractivity contribution in [1.82, 2.24) is 0 Å². The van der Waals surface area contributed by atoms with E-state index >= 15 is 0 Å². The van der Waals surface area contributed by atoms with Crippen LogP contribution in [0.4, 0.5) is 0 Å². The zero-order valence-corrected chi connectivity index (χ0v) is 21.1. The first-order chi connectivity index (χ1) is 19.2. The van der Waals surface area contributed by atoms with Crippen LogP contribution < -0.4 is 4.74 Å². The Labute approximate surface area is 229 Å². The van der Waals surface area contributed by atoms with Crippen LogP contribution in [0, 0.1) is 0 Å². The molecule has 5 atom stereocenters. The van der Waals surface area contributed by atoms with Crippen molar-refractivity contribution in [1.29, 1.82) is 0 Å². The van der Waals surface area contributed by atoms with Gasteiger partial charge in [-0.05, 0) is 54.1 Å². The van der Waals surface area contributed by atoms with Crippen molar-refractivity contribution in [3.05, 3.63) is 95.6 Å². The molecule has 3 aromatic carbocycles. The van der Waals surface area contributed by atoms with E-state index in [1.54, 1.807) is 42.5 Å². The molecule has 0 unspecified atom stereocenters. The topological polar surface area (TPSA) is 172 Å². The van der Waals surface area contributed by atoms with Crippen LogP contribution in [0.15, 0.2) is 78.9 Å². The van der Waals surface area contributed by atoms with E-state index in [4.69, 9.17) is 18.9 Å². The molecular weight excluding hydrogens is 524 g/mol. The van der Waals surface area contributed by atoms with Crippen molar-refractivity contribution in [3.63, 3.8) is 0 Å². The number of aliphatic hydroxyl groups excluding tert-OH is 3. The number of phenols is 2. The molecule has 1 aliphatic rings. The Morgan fingerprint density at radius 3 is 2.30 bits per heavy atom. The maximum atomic E-state index is 12.6. The van der Waals surface area contributed by atoms with Gasteiger partial charge in [0.15, 0.2) is 6.10 Å². The highest BCUT2D eigenvalue weighted by atomic mass is 16.7. The summed E-state index contributed by atoms with van der Waals surface area (Å²) in [4.78, 5) is 25.0. The molecule has 4 rings (SSSR count). The van der Waals surface area contributed by atoms with Crippen LogP contribution in [0.1, 0.15) is 21.5 Å². The fourth-order valence-electron chi connectivity index (χ4n) is 3.93. The van der Waals surface area contributed by atoms with Crippen LogP contribution in [-0.2, 0) is 25.6 Å². The highest BCUT2D eigenvalue weighted by Gasteiger charge is 2.48. The van der Waals surface area contributed by atoms with Gasteiger partial charge in [0, 0.05) is 11.6 Å². The molecule has 210 valence electrons.